The third kappa shape index (κ3) is 9630. The molecule has 0 aliphatic carbocycles. The molecule has 0 aromatic rings. The maximum absolute atomic E-state index is 8.74. The summed E-state index contributed by atoms with van der Waals surface area (Å²) < 4.78 is 31.6. The third-order valence-electron chi connectivity index (χ3n) is 0. The highest BCUT2D eigenvalue weighted by Gasteiger charge is 1.84. The van der Waals surface area contributed by atoms with Crippen LogP contribution in [0.2, 0.25) is 0 Å². The Labute approximate surface area is 117 Å². The first-order valence-electron chi connectivity index (χ1n) is 0.698. The second kappa shape index (κ2) is 234. The molecule has 34 N–H and O–H groups in total. The average molecular weight is 386 g/mol. The maximum atomic E-state index is 8.74. The molecule has 0 spiro atoms. The van der Waals surface area contributed by atoms with Gasteiger partial charge in [-0.3, -0.25) is 9.11 Å². The monoisotopic (exact) mass is 386 g/mol. The zero-order valence-corrected chi connectivity index (χ0v) is 10.9. The van der Waals surface area contributed by atoms with E-state index in [2.05, 4.69) is 0 Å². The molecule has 0 saturated heterocycles. The van der Waals surface area contributed by atoms with Crippen LogP contribution in [0.3, 0.4) is 0 Å². The van der Waals surface area contributed by atoms with Crippen LogP contribution in [0.15, 0.2) is 0 Å². The Morgan fingerprint density at radius 3 is 0.333 bits per heavy atom. The van der Waals surface area contributed by atoms with Crippen LogP contribution >= 0.6 is 0 Å². The summed E-state index contributed by atoms with van der Waals surface area (Å²) in [5.41, 5.74) is 0. The standard InChI is InChI=1S/H2O4S.16H2O/c1-5(2,3)4;;;;;;;;;;;;;;;;/h(H2,1,2,3,4);16*1H2. The fourth-order valence-electron chi connectivity index (χ4n) is 0. The molecule has 0 aliphatic rings. The zero-order valence-electron chi connectivity index (χ0n) is 10.1. The molecule has 0 radical (unpaired) electrons. The van der Waals surface area contributed by atoms with Gasteiger partial charge >= 0.3 is 10.4 Å². The molecule has 0 heterocycles. The van der Waals surface area contributed by atoms with E-state index in [4.69, 9.17) is 17.5 Å². The molecule has 0 fully saturated rings. The normalized spacial score (nSPS) is 2.76. The van der Waals surface area contributed by atoms with E-state index in [1.54, 1.807) is 0 Å². The van der Waals surface area contributed by atoms with Gasteiger partial charge < -0.3 is 87.6 Å². The smallest absolute Gasteiger partial charge is 0.394 e. The summed E-state index contributed by atoms with van der Waals surface area (Å²) in [6.45, 7) is 0. The van der Waals surface area contributed by atoms with Gasteiger partial charge in [0.25, 0.3) is 0 Å². The molecule has 0 atom stereocenters. The number of hydrogen-bond donors (Lipinski definition) is 2. The van der Waals surface area contributed by atoms with Crippen LogP contribution in [-0.2, 0) is 10.4 Å². The summed E-state index contributed by atoms with van der Waals surface area (Å²) in [5, 5.41) is 0. The minimum Gasteiger partial charge on any atom is -0.412 e. The number of hydrogen-bond acceptors (Lipinski definition) is 2. The highest BCUT2D eigenvalue weighted by molar-refractivity contribution is 7.79. The molecule has 0 aromatic carbocycles. The molecule has 20 nitrogen and oxygen atoms in total. The van der Waals surface area contributed by atoms with Crippen LogP contribution < -0.4 is 0 Å². The van der Waals surface area contributed by atoms with Crippen molar-refractivity contribution in [3.05, 3.63) is 0 Å². The topological polar surface area (TPSA) is 579 Å². The lowest BCUT2D eigenvalue weighted by Crippen LogP contribution is -1.89. The van der Waals surface area contributed by atoms with Gasteiger partial charge in [-0.25, -0.2) is 0 Å². The van der Waals surface area contributed by atoms with E-state index in [0.29, 0.717) is 0 Å². The Morgan fingerprint density at radius 2 is 0.333 bits per heavy atom. The lowest BCUT2D eigenvalue weighted by Gasteiger charge is -1.68. The summed E-state index contributed by atoms with van der Waals surface area (Å²) in [6.07, 6.45) is 0. The SMILES string of the molecule is O.O.O.O.O.O.O.O.O.O.O.O.O.O.O.O.O=S(=O)(O)O. The molecule has 160 valence electrons. The van der Waals surface area contributed by atoms with Crippen LogP contribution in [-0.4, -0.2) is 105 Å². The van der Waals surface area contributed by atoms with Crippen LogP contribution in [0.1, 0.15) is 0 Å². The van der Waals surface area contributed by atoms with Crippen molar-refractivity contribution in [1.29, 1.82) is 0 Å². The largest absolute Gasteiger partial charge is 0.412 e. The number of rotatable bonds is 0. The van der Waals surface area contributed by atoms with Gasteiger partial charge in [-0.2, -0.15) is 8.42 Å². The molecule has 21 heteroatoms. The van der Waals surface area contributed by atoms with E-state index in [1.165, 1.54) is 0 Å². The van der Waals surface area contributed by atoms with Gasteiger partial charge in [0.15, 0.2) is 0 Å². The summed E-state index contributed by atoms with van der Waals surface area (Å²) in [4.78, 5) is 0. The Morgan fingerprint density at radius 1 is 0.333 bits per heavy atom. The first-order chi connectivity index (χ1) is 2.00. The molecule has 0 bridgehead atoms. The lowest BCUT2D eigenvalue weighted by atomic mass is 15.8. The van der Waals surface area contributed by atoms with E-state index in [1.807, 2.05) is 0 Å². The Bertz CT molecular complexity index is 89.0. The van der Waals surface area contributed by atoms with Crippen molar-refractivity contribution in [3.8, 4) is 0 Å². The summed E-state index contributed by atoms with van der Waals surface area (Å²) in [6, 6.07) is 0. The van der Waals surface area contributed by atoms with Crippen molar-refractivity contribution in [2.75, 3.05) is 0 Å². The molecule has 0 aliphatic heterocycles. The molecule has 21 heavy (non-hydrogen) atoms. The van der Waals surface area contributed by atoms with Crippen molar-refractivity contribution in [2.45, 2.75) is 0 Å². The second-order valence-electron chi connectivity index (χ2n) is 0.448. The predicted molar refractivity (Wildman–Crippen MR) is 72.0 cm³/mol. The first-order valence-corrected chi connectivity index (χ1v) is 2.10. The zero-order chi connectivity index (χ0) is 4.50. The van der Waals surface area contributed by atoms with Gasteiger partial charge in [-0.1, -0.05) is 0 Å². The van der Waals surface area contributed by atoms with Crippen LogP contribution in [0.25, 0.3) is 0 Å². The molecule has 0 rings (SSSR count). The van der Waals surface area contributed by atoms with Crippen molar-refractivity contribution < 1.29 is 105 Å². The first kappa shape index (κ1) is 717. The van der Waals surface area contributed by atoms with E-state index in [0.717, 1.165) is 0 Å². The fourth-order valence-corrected chi connectivity index (χ4v) is 0. The van der Waals surface area contributed by atoms with Gasteiger partial charge in [-0.15, -0.1) is 0 Å². The summed E-state index contributed by atoms with van der Waals surface area (Å²) >= 11 is 0. The third-order valence-corrected chi connectivity index (χ3v) is 0. The summed E-state index contributed by atoms with van der Waals surface area (Å²) in [7, 11) is -4.67. The summed E-state index contributed by atoms with van der Waals surface area (Å²) in [5.74, 6) is 0. The van der Waals surface area contributed by atoms with Crippen molar-refractivity contribution in [2.24, 2.45) is 0 Å². The molecule has 0 unspecified atom stereocenters. The van der Waals surface area contributed by atoms with Gasteiger partial charge in [0.1, 0.15) is 0 Å². The lowest BCUT2D eigenvalue weighted by molar-refractivity contribution is 0.380. The van der Waals surface area contributed by atoms with E-state index in [9.17, 15) is 0 Å². The highest BCUT2D eigenvalue weighted by atomic mass is 32.3. The van der Waals surface area contributed by atoms with E-state index < -0.39 is 10.4 Å². The van der Waals surface area contributed by atoms with E-state index in [-0.39, 0.29) is 87.6 Å². The van der Waals surface area contributed by atoms with Crippen LogP contribution in [0.5, 0.6) is 0 Å². The van der Waals surface area contributed by atoms with Gasteiger partial charge in [0, 0.05) is 0 Å². The average Bonchev–Trinajstić information content (AvgIpc) is 0.722. The second-order valence-corrected chi connectivity index (χ2v) is 1.34. The van der Waals surface area contributed by atoms with Crippen LogP contribution in [0.4, 0.5) is 0 Å². The molecule has 0 aromatic heterocycles. The van der Waals surface area contributed by atoms with Gasteiger partial charge in [-0.05, 0) is 0 Å². The van der Waals surface area contributed by atoms with Crippen molar-refractivity contribution >= 4 is 10.4 Å². The molecule has 0 amide bonds. The molecular weight excluding hydrogens is 352 g/mol. The van der Waals surface area contributed by atoms with E-state index >= 15 is 0 Å². The van der Waals surface area contributed by atoms with Gasteiger partial charge in [0.2, 0.25) is 0 Å². The quantitative estimate of drug-likeness (QED) is 0.382. The fraction of sp³-hybridized carbons (Fsp3) is 0. The minimum absolute atomic E-state index is 0. The minimum atomic E-state index is -4.67. The Kier molecular flexibility index (Phi) is 7980. The Balaban J connectivity index is -0.000000000667. The molecule has 0 saturated carbocycles. The van der Waals surface area contributed by atoms with Gasteiger partial charge in [0.05, 0.1) is 0 Å². The maximum Gasteiger partial charge on any atom is 0.394 e. The predicted octanol–water partition coefficient (Wildman–Crippen LogP) is -13.8. The van der Waals surface area contributed by atoms with Crippen molar-refractivity contribution in [1.82, 2.24) is 0 Å². The Hall–Kier alpha value is -0.770. The van der Waals surface area contributed by atoms with Crippen molar-refractivity contribution in [3.63, 3.8) is 0 Å². The molecular formula is H34O20S. The van der Waals surface area contributed by atoms with Crippen LogP contribution in [0, 0.1) is 0 Å². The highest BCUT2D eigenvalue weighted by Crippen LogP contribution is 1.59.